The molecule has 1 atom stereocenters. The summed E-state index contributed by atoms with van der Waals surface area (Å²) in [6.45, 7) is 2.05. The number of ether oxygens (including phenoxy) is 2. The first-order valence-corrected chi connectivity index (χ1v) is 7.81. The monoisotopic (exact) mass is 332 g/mol. The van der Waals surface area contributed by atoms with Crippen molar-refractivity contribution in [2.75, 3.05) is 25.1 Å². The van der Waals surface area contributed by atoms with Gasteiger partial charge in [-0.15, -0.1) is 0 Å². The molecule has 0 saturated carbocycles. The van der Waals surface area contributed by atoms with Crippen molar-refractivity contribution < 1.29 is 14.3 Å². The van der Waals surface area contributed by atoms with Crippen LogP contribution in [-0.2, 0) is 4.74 Å². The summed E-state index contributed by atoms with van der Waals surface area (Å²) in [6, 6.07) is 8.48. The molecule has 6 heteroatoms. The lowest BCUT2D eigenvalue weighted by Crippen LogP contribution is -2.15. The largest absolute Gasteiger partial charge is 0.491 e. The van der Waals surface area contributed by atoms with Gasteiger partial charge in [0.1, 0.15) is 5.75 Å². The van der Waals surface area contributed by atoms with Crippen molar-refractivity contribution in [3.05, 3.63) is 53.3 Å². The van der Waals surface area contributed by atoms with Crippen LogP contribution in [0.2, 0.25) is 5.02 Å². The van der Waals surface area contributed by atoms with E-state index in [1.165, 1.54) is 0 Å². The van der Waals surface area contributed by atoms with Crippen LogP contribution in [0, 0.1) is 5.92 Å². The molecule has 1 amide bonds. The SMILES string of the molecule is O=C(Nc1cc(Cl)ccc1OC[C@@H]1CCOC1)c1ccncc1. The smallest absolute Gasteiger partial charge is 0.255 e. The Morgan fingerprint density at radius 3 is 2.91 bits per heavy atom. The van der Waals surface area contributed by atoms with Crippen LogP contribution in [0.5, 0.6) is 5.75 Å². The fourth-order valence-corrected chi connectivity index (χ4v) is 2.52. The third kappa shape index (κ3) is 4.21. The maximum Gasteiger partial charge on any atom is 0.255 e. The number of carbonyl (C=O) groups excluding carboxylic acids is 1. The summed E-state index contributed by atoms with van der Waals surface area (Å²) in [4.78, 5) is 16.2. The highest BCUT2D eigenvalue weighted by Gasteiger charge is 2.17. The molecule has 2 aromatic rings. The molecule has 0 radical (unpaired) electrons. The van der Waals surface area contributed by atoms with E-state index in [1.54, 1.807) is 42.7 Å². The van der Waals surface area contributed by atoms with Crippen molar-refractivity contribution in [3.63, 3.8) is 0 Å². The highest BCUT2D eigenvalue weighted by atomic mass is 35.5. The molecule has 1 aliphatic heterocycles. The Labute approximate surface area is 139 Å². The number of benzene rings is 1. The van der Waals surface area contributed by atoms with Gasteiger partial charge in [-0.2, -0.15) is 0 Å². The molecule has 0 aliphatic carbocycles. The van der Waals surface area contributed by atoms with E-state index in [-0.39, 0.29) is 5.91 Å². The highest BCUT2D eigenvalue weighted by Crippen LogP contribution is 2.29. The Kier molecular flexibility index (Phi) is 5.10. The second-order valence-corrected chi connectivity index (χ2v) is 5.81. The van der Waals surface area contributed by atoms with Crippen LogP contribution in [0.25, 0.3) is 0 Å². The number of halogens is 1. The molecule has 1 aromatic carbocycles. The minimum absolute atomic E-state index is 0.233. The van der Waals surface area contributed by atoms with Crippen molar-refractivity contribution in [2.24, 2.45) is 5.92 Å². The van der Waals surface area contributed by atoms with E-state index in [0.29, 0.717) is 41.2 Å². The van der Waals surface area contributed by atoms with Crippen molar-refractivity contribution in [1.82, 2.24) is 4.98 Å². The zero-order valence-electron chi connectivity index (χ0n) is 12.5. The van der Waals surface area contributed by atoms with E-state index in [0.717, 1.165) is 13.0 Å². The van der Waals surface area contributed by atoms with Crippen LogP contribution in [0.3, 0.4) is 0 Å². The maximum absolute atomic E-state index is 12.3. The summed E-state index contributed by atoms with van der Waals surface area (Å²) >= 11 is 6.04. The third-order valence-electron chi connectivity index (χ3n) is 3.63. The Hall–Kier alpha value is -2.11. The van der Waals surface area contributed by atoms with Crippen molar-refractivity contribution in [3.8, 4) is 5.75 Å². The van der Waals surface area contributed by atoms with E-state index in [4.69, 9.17) is 21.1 Å². The highest BCUT2D eigenvalue weighted by molar-refractivity contribution is 6.31. The van der Waals surface area contributed by atoms with Gasteiger partial charge >= 0.3 is 0 Å². The van der Waals surface area contributed by atoms with Crippen LogP contribution in [0.4, 0.5) is 5.69 Å². The van der Waals surface area contributed by atoms with E-state index < -0.39 is 0 Å². The minimum Gasteiger partial charge on any atom is -0.491 e. The van der Waals surface area contributed by atoms with Gasteiger partial charge in [0, 0.05) is 35.5 Å². The zero-order valence-corrected chi connectivity index (χ0v) is 13.3. The summed E-state index contributed by atoms with van der Waals surface area (Å²) < 4.78 is 11.2. The number of rotatable bonds is 5. The van der Waals surface area contributed by atoms with Crippen LogP contribution < -0.4 is 10.1 Å². The summed E-state index contributed by atoms with van der Waals surface area (Å²) in [5, 5.41) is 3.37. The molecular weight excluding hydrogens is 316 g/mol. The number of carbonyl (C=O) groups is 1. The van der Waals surface area contributed by atoms with E-state index in [1.807, 2.05) is 0 Å². The van der Waals surface area contributed by atoms with Gasteiger partial charge in [-0.3, -0.25) is 9.78 Å². The second kappa shape index (κ2) is 7.44. The number of anilines is 1. The molecule has 1 fully saturated rings. The van der Waals surface area contributed by atoms with Gasteiger partial charge in [0.15, 0.2) is 0 Å². The minimum atomic E-state index is -0.233. The van der Waals surface area contributed by atoms with Crippen LogP contribution in [-0.4, -0.2) is 30.7 Å². The standard InChI is InChI=1S/C17H17ClN2O3/c18-14-1-2-16(23-11-12-5-8-22-10-12)15(9-14)20-17(21)13-3-6-19-7-4-13/h1-4,6-7,9,12H,5,8,10-11H2,(H,20,21)/t12-/m1/s1. The Morgan fingerprint density at radius 1 is 1.35 bits per heavy atom. The van der Waals surface area contributed by atoms with E-state index in [9.17, 15) is 4.79 Å². The first-order chi connectivity index (χ1) is 11.2. The molecule has 0 unspecified atom stereocenters. The first-order valence-electron chi connectivity index (χ1n) is 7.44. The van der Waals surface area contributed by atoms with Gasteiger partial charge in [-0.25, -0.2) is 0 Å². The van der Waals surface area contributed by atoms with Gasteiger partial charge in [0.25, 0.3) is 5.91 Å². The molecular formula is C17H17ClN2O3. The average molecular weight is 333 g/mol. The molecule has 1 aliphatic rings. The lowest BCUT2D eigenvalue weighted by Gasteiger charge is -2.15. The van der Waals surface area contributed by atoms with Gasteiger partial charge in [-0.05, 0) is 36.8 Å². The summed E-state index contributed by atoms with van der Waals surface area (Å²) in [7, 11) is 0. The summed E-state index contributed by atoms with van der Waals surface area (Å²) in [5.41, 5.74) is 1.08. The van der Waals surface area contributed by atoms with Gasteiger partial charge < -0.3 is 14.8 Å². The number of aromatic nitrogens is 1. The van der Waals surface area contributed by atoms with Crippen molar-refractivity contribution in [1.29, 1.82) is 0 Å². The second-order valence-electron chi connectivity index (χ2n) is 5.37. The predicted octanol–water partition coefficient (Wildman–Crippen LogP) is 3.40. The lowest BCUT2D eigenvalue weighted by atomic mass is 10.1. The number of hydrogen-bond donors (Lipinski definition) is 1. The van der Waals surface area contributed by atoms with E-state index >= 15 is 0 Å². The molecule has 1 saturated heterocycles. The average Bonchev–Trinajstić information content (AvgIpc) is 3.08. The Balaban J connectivity index is 1.72. The molecule has 1 aromatic heterocycles. The van der Waals surface area contributed by atoms with Crippen molar-refractivity contribution in [2.45, 2.75) is 6.42 Å². The van der Waals surface area contributed by atoms with Crippen LogP contribution in [0.15, 0.2) is 42.7 Å². The molecule has 23 heavy (non-hydrogen) atoms. The molecule has 0 bridgehead atoms. The molecule has 0 spiro atoms. The number of nitrogens with one attached hydrogen (secondary N) is 1. The molecule has 1 N–H and O–H groups in total. The van der Waals surface area contributed by atoms with Gasteiger partial charge in [0.05, 0.1) is 18.9 Å². The Bertz CT molecular complexity index is 673. The van der Waals surface area contributed by atoms with Crippen LogP contribution in [0.1, 0.15) is 16.8 Å². The van der Waals surface area contributed by atoms with E-state index in [2.05, 4.69) is 10.3 Å². The quantitative estimate of drug-likeness (QED) is 0.911. The number of amides is 1. The maximum atomic E-state index is 12.3. The van der Waals surface area contributed by atoms with Gasteiger partial charge in [-0.1, -0.05) is 11.6 Å². The third-order valence-corrected chi connectivity index (χ3v) is 3.87. The summed E-state index contributed by atoms with van der Waals surface area (Å²) in [6.07, 6.45) is 4.14. The number of nitrogens with zero attached hydrogens (tertiary/aromatic N) is 1. The fraction of sp³-hybridized carbons (Fsp3) is 0.294. The van der Waals surface area contributed by atoms with Crippen LogP contribution >= 0.6 is 11.6 Å². The fourth-order valence-electron chi connectivity index (χ4n) is 2.35. The first kappa shape index (κ1) is 15.8. The molecule has 120 valence electrons. The summed E-state index contributed by atoms with van der Waals surface area (Å²) in [5.74, 6) is 0.752. The molecule has 5 nitrogen and oxygen atoms in total. The Morgan fingerprint density at radius 2 is 2.17 bits per heavy atom. The topological polar surface area (TPSA) is 60.5 Å². The molecule has 2 heterocycles. The number of hydrogen-bond acceptors (Lipinski definition) is 4. The zero-order chi connectivity index (χ0) is 16.1. The predicted molar refractivity (Wildman–Crippen MR) is 88.1 cm³/mol. The van der Waals surface area contributed by atoms with Gasteiger partial charge in [0.2, 0.25) is 0 Å². The van der Waals surface area contributed by atoms with Crippen molar-refractivity contribution >= 4 is 23.2 Å². The molecule has 3 rings (SSSR count). The lowest BCUT2D eigenvalue weighted by molar-refractivity contribution is 0.102. The normalized spacial score (nSPS) is 17.0. The number of pyridine rings is 1.